The van der Waals surface area contributed by atoms with Crippen molar-refractivity contribution in [2.24, 2.45) is 11.8 Å². The fourth-order valence-corrected chi connectivity index (χ4v) is 1.31. The van der Waals surface area contributed by atoms with Gasteiger partial charge in [0.25, 0.3) is 0 Å². The van der Waals surface area contributed by atoms with Crippen LogP contribution in [0.1, 0.15) is 27.2 Å². The van der Waals surface area contributed by atoms with Crippen LogP contribution in [0.3, 0.4) is 0 Å². The van der Waals surface area contributed by atoms with Gasteiger partial charge in [-0.25, -0.2) is 5.84 Å². The molecule has 0 aliphatic carbocycles. The number of carbonyl (C=O) groups excluding carboxylic acids is 1. The second-order valence-electron chi connectivity index (χ2n) is 3.30. The van der Waals surface area contributed by atoms with Crippen molar-refractivity contribution in [3.8, 4) is 0 Å². The predicted octanol–water partition coefficient (Wildman–Crippen LogP) is 0.344. The van der Waals surface area contributed by atoms with Crippen molar-refractivity contribution in [2.45, 2.75) is 27.2 Å². The average Bonchev–Trinajstić information content (AvgIpc) is 2.15. The smallest absolute Gasteiger partial charge is 0.237 e. The van der Waals surface area contributed by atoms with Crippen LogP contribution in [-0.4, -0.2) is 30.4 Å². The molecular formula is C9H21N3O. The van der Waals surface area contributed by atoms with Gasteiger partial charge in [-0.3, -0.25) is 10.2 Å². The standard InChI is InChI=1S/C9H21N3O/c1-4-6-12(5-2)7-8(3)9(13)11-10/h8H,4-7,10H2,1-3H3,(H,11,13). The topological polar surface area (TPSA) is 58.4 Å². The molecule has 0 heterocycles. The van der Waals surface area contributed by atoms with Crippen LogP contribution in [0, 0.1) is 5.92 Å². The maximum Gasteiger partial charge on any atom is 0.237 e. The zero-order valence-electron chi connectivity index (χ0n) is 8.84. The summed E-state index contributed by atoms with van der Waals surface area (Å²) in [5.41, 5.74) is 2.17. The highest BCUT2D eigenvalue weighted by Crippen LogP contribution is 2.00. The first-order valence-corrected chi connectivity index (χ1v) is 4.88. The van der Waals surface area contributed by atoms with Gasteiger partial charge in [0, 0.05) is 12.5 Å². The molecule has 0 aromatic rings. The highest BCUT2D eigenvalue weighted by Gasteiger charge is 2.14. The molecule has 0 aliphatic heterocycles. The number of amides is 1. The minimum Gasteiger partial charge on any atom is -0.303 e. The van der Waals surface area contributed by atoms with Crippen molar-refractivity contribution in [3.05, 3.63) is 0 Å². The third kappa shape index (κ3) is 4.85. The maximum atomic E-state index is 11.1. The predicted molar refractivity (Wildman–Crippen MR) is 53.9 cm³/mol. The van der Waals surface area contributed by atoms with Gasteiger partial charge in [-0.2, -0.15) is 0 Å². The van der Waals surface area contributed by atoms with Crippen LogP contribution in [0.15, 0.2) is 0 Å². The third-order valence-corrected chi connectivity index (χ3v) is 2.11. The second kappa shape index (κ2) is 6.86. The van der Waals surface area contributed by atoms with E-state index in [2.05, 4.69) is 24.2 Å². The first kappa shape index (κ1) is 12.4. The van der Waals surface area contributed by atoms with Crippen LogP contribution < -0.4 is 11.3 Å². The normalized spacial score (nSPS) is 13.0. The van der Waals surface area contributed by atoms with Crippen LogP contribution in [0.4, 0.5) is 0 Å². The fourth-order valence-electron chi connectivity index (χ4n) is 1.31. The van der Waals surface area contributed by atoms with Crippen LogP contribution in [0.25, 0.3) is 0 Å². The highest BCUT2D eigenvalue weighted by atomic mass is 16.2. The number of nitrogens with two attached hydrogens (primary N) is 1. The molecule has 78 valence electrons. The lowest BCUT2D eigenvalue weighted by molar-refractivity contribution is -0.125. The molecule has 1 amide bonds. The summed E-state index contributed by atoms with van der Waals surface area (Å²) in [7, 11) is 0. The summed E-state index contributed by atoms with van der Waals surface area (Å²) < 4.78 is 0. The lowest BCUT2D eigenvalue weighted by atomic mass is 10.1. The van der Waals surface area contributed by atoms with E-state index in [1.54, 1.807) is 0 Å². The molecule has 0 aromatic carbocycles. The van der Waals surface area contributed by atoms with Crippen molar-refractivity contribution < 1.29 is 4.79 Å². The number of hydrazine groups is 1. The molecule has 3 N–H and O–H groups in total. The molecule has 4 heteroatoms. The minimum atomic E-state index is -0.0884. The zero-order chi connectivity index (χ0) is 10.3. The molecule has 13 heavy (non-hydrogen) atoms. The Balaban J connectivity index is 3.85. The van der Waals surface area contributed by atoms with E-state index in [0.717, 1.165) is 26.1 Å². The molecule has 4 nitrogen and oxygen atoms in total. The van der Waals surface area contributed by atoms with Crippen LogP contribution >= 0.6 is 0 Å². The zero-order valence-corrected chi connectivity index (χ0v) is 8.84. The Kier molecular flexibility index (Phi) is 6.54. The molecule has 0 rings (SSSR count). The molecule has 1 unspecified atom stereocenters. The third-order valence-electron chi connectivity index (χ3n) is 2.11. The van der Waals surface area contributed by atoms with Gasteiger partial charge < -0.3 is 4.90 Å². The van der Waals surface area contributed by atoms with Gasteiger partial charge in [0.2, 0.25) is 5.91 Å². The van der Waals surface area contributed by atoms with Crippen LogP contribution in [0.5, 0.6) is 0 Å². The molecule has 0 saturated carbocycles. The van der Waals surface area contributed by atoms with Crippen LogP contribution in [0.2, 0.25) is 0 Å². The van der Waals surface area contributed by atoms with Gasteiger partial charge in [-0.15, -0.1) is 0 Å². The van der Waals surface area contributed by atoms with Crippen LogP contribution in [-0.2, 0) is 4.79 Å². The minimum absolute atomic E-state index is 0.0310. The molecule has 0 aliphatic rings. The van der Waals surface area contributed by atoms with Gasteiger partial charge in [-0.05, 0) is 19.5 Å². The van der Waals surface area contributed by atoms with E-state index in [1.165, 1.54) is 0 Å². The van der Waals surface area contributed by atoms with Crippen molar-refractivity contribution >= 4 is 5.91 Å². The Hall–Kier alpha value is -0.610. The number of hydrogen-bond acceptors (Lipinski definition) is 3. The Bertz CT molecular complexity index is 150. The molecule has 0 saturated heterocycles. The van der Waals surface area contributed by atoms with Gasteiger partial charge >= 0.3 is 0 Å². The van der Waals surface area contributed by atoms with E-state index in [-0.39, 0.29) is 11.8 Å². The van der Waals surface area contributed by atoms with Gasteiger partial charge in [0.1, 0.15) is 0 Å². The Labute approximate surface area is 80.4 Å². The van der Waals surface area contributed by atoms with Crippen molar-refractivity contribution in [1.82, 2.24) is 10.3 Å². The summed E-state index contributed by atoms with van der Waals surface area (Å²) in [5.74, 6) is 4.93. The SMILES string of the molecule is CCCN(CC)CC(C)C(=O)NN. The number of rotatable bonds is 6. The van der Waals surface area contributed by atoms with Crippen molar-refractivity contribution in [3.63, 3.8) is 0 Å². The molecule has 0 fully saturated rings. The second-order valence-corrected chi connectivity index (χ2v) is 3.30. The molecule has 0 radical (unpaired) electrons. The number of nitrogens with one attached hydrogen (secondary N) is 1. The molecule has 0 bridgehead atoms. The monoisotopic (exact) mass is 187 g/mol. The summed E-state index contributed by atoms with van der Waals surface area (Å²) >= 11 is 0. The maximum absolute atomic E-state index is 11.1. The lowest BCUT2D eigenvalue weighted by Gasteiger charge is -2.22. The molecular weight excluding hydrogens is 166 g/mol. The molecule has 0 spiro atoms. The summed E-state index contributed by atoms with van der Waals surface area (Å²) in [6.45, 7) is 8.93. The van der Waals surface area contributed by atoms with E-state index in [4.69, 9.17) is 5.84 Å². The Morgan fingerprint density at radius 2 is 2.15 bits per heavy atom. The van der Waals surface area contributed by atoms with E-state index < -0.39 is 0 Å². The van der Waals surface area contributed by atoms with Gasteiger partial charge in [0.15, 0.2) is 0 Å². The van der Waals surface area contributed by atoms with E-state index in [9.17, 15) is 4.79 Å². The van der Waals surface area contributed by atoms with Gasteiger partial charge in [-0.1, -0.05) is 20.8 Å². The van der Waals surface area contributed by atoms with Gasteiger partial charge in [0.05, 0.1) is 0 Å². The summed E-state index contributed by atoms with van der Waals surface area (Å²) in [6, 6.07) is 0. The van der Waals surface area contributed by atoms with E-state index in [0.29, 0.717) is 0 Å². The van der Waals surface area contributed by atoms with Crippen molar-refractivity contribution in [1.29, 1.82) is 0 Å². The largest absolute Gasteiger partial charge is 0.303 e. The number of hydrogen-bond donors (Lipinski definition) is 2. The Morgan fingerprint density at radius 1 is 1.54 bits per heavy atom. The summed E-state index contributed by atoms with van der Waals surface area (Å²) in [4.78, 5) is 13.4. The fraction of sp³-hybridized carbons (Fsp3) is 0.889. The first-order chi connectivity index (χ1) is 6.15. The number of nitrogens with zero attached hydrogens (tertiary/aromatic N) is 1. The Morgan fingerprint density at radius 3 is 2.54 bits per heavy atom. The summed E-state index contributed by atoms with van der Waals surface area (Å²) in [5, 5.41) is 0. The molecule has 1 atom stereocenters. The number of carbonyl (C=O) groups is 1. The van der Waals surface area contributed by atoms with Crippen molar-refractivity contribution in [2.75, 3.05) is 19.6 Å². The van der Waals surface area contributed by atoms with E-state index in [1.807, 2.05) is 6.92 Å². The van der Waals surface area contributed by atoms with E-state index >= 15 is 0 Å². The average molecular weight is 187 g/mol. The molecule has 0 aromatic heterocycles. The summed E-state index contributed by atoms with van der Waals surface area (Å²) in [6.07, 6.45) is 1.12. The lowest BCUT2D eigenvalue weighted by Crippen LogP contribution is -2.40. The quantitative estimate of drug-likeness (QED) is 0.358. The first-order valence-electron chi connectivity index (χ1n) is 4.88. The highest BCUT2D eigenvalue weighted by molar-refractivity contribution is 5.77.